The summed E-state index contributed by atoms with van der Waals surface area (Å²) in [6, 6.07) is -0.954. The third-order valence-electron chi connectivity index (χ3n) is 4.89. The van der Waals surface area contributed by atoms with Crippen molar-refractivity contribution >= 4 is 63.5 Å². The van der Waals surface area contributed by atoms with Crippen molar-refractivity contribution in [1.82, 2.24) is 30.0 Å². The molecule has 0 aliphatic carbocycles. The summed E-state index contributed by atoms with van der Waals surface area (Å²) in [5.41, 5.74) is 5.35. The third-order valence-corrected chi connectivity index (χ3v) is 8.17. The number of nitrogens with zero attached hydrogens (tertiary/aromatic N) is 6. The van der Waals surface area contributed by atoms with E-state index in [1.807, 2.05) is 0 Å². The smallest absolute Gasteiger partial charge is 0.352 e. The molecule has 184 valence electrons. The number of thioether (sulfide) groups is 2. The highest BCUT2D eigenvalue weighted by Gasteiger charge is 2.54. The molecule has 2 atom stereocenters. The fourth-order valence-electron chi connectivity index (χ4n) is 3.35. The molecular weight excluding hydrogens is 520 g/mol. The number of aliphatic carboxylic acids is 1. The van der Waals surface area contributed by atoms with E-state index in [1.165, 1.54) is 29.8 Å². The number of hydrogen-bond donors (Lipinski definition) is 3. The molecule has 14 nitrogen and oxygen atoms in total. The molecule has 0 unspecified atom stereocenters. The molecule has 0 aromatic carbocycles. The Labute approximate surface area is 209 Å². The van der Waals surface area contributed by atoms with Crippen molar-refractivity contribution in [3.05, 3.63) is 38.9 Å². The van der Waals surface area contributed by atoms with Gasteiger partial charge in [0, 0.05) is 24.8 Å². The zero-order valence-corrected chi connectivity index (χ0v) is 20.6. The number of amides is 2. The van der Waals surface area contributed by atoms with Gasteiger partial charge >= 0.3 is 5.97 Å². The average molecular weight is 539 g/mol. The Morgan fingerprint density at radius 3 is 2.83 bits per heavy atom. The Kier molecular flexibility index (Phi) is 7.08. The quantitative estimate of drug-likeness (QED) is 0.162. The number of carboxylic acids is 1. The zero-order chi connectivity index (χ0) is 25.3. The van der Waals surface area contributed by atoms with Crippen LogP contribution in [0.2, 0.25) is 0 Å². The number of carbonyl (C=O) groups is 3. The van der Waals surface area contributed by atoms with Gasteiger partial charge in [0.05, 0.1) is 4.88 Å². The molecule has 2 aromatic rings. The minimum absolute atomic E-state index is 0.102. The molecule has 2 aliphatic heterocycles. The summed E-state index contributed by atoms with van der Waals surface area (Å²) in [5, 5.41) is 20.0. The van der Waals surface area contributed by atoms with E-state index in [2.05, 4.69) is 25.5 Å². The predicted octanol–water partition coefficient (Wildman–Crippen LogP) is -0.905. The van der Waals surface area contributed by atoms with Crippen LogP contribution in [0.5, 0.6) is 0 Å². The zero-order valence-electron chi connectivity index (χ0n) is 18.2. The highest BCUT2D eigenvalue weighted by Crippen LogP contribution is 2.41. The maximum Gasteiger partial charge on any atom is 0.352 e. The van der Waals surface area contributed by atoms with Crippen molar-refractivity contribution < 1.29 is 24.3 Å². The van der Waals surface area contributed by atoms with Crippen LogP contribution in [-0.4, -0.2) is 83.3 Å². The van der Waals surface area contributed by atoms with Gasteiger partial charge in [-0.3, -0.25) is 19.3 Å². The molecule has 1 saturated heterocycles. The number of hydrogen-bond acceptors (Lipinski definition) is 13. The number of rotatable bonds is 8. The first-order valence-corrected chi connectivity index (χ1v) is 12.6. The van der Waals surface area contributed by atoms with Gasteiger partial charge in [0.2, 0.25) is 0 Å². The first-order valence-electron chi connectivity index (χ1n) is 9.78. The van der Waals surface area contributed by atoms with Gasteiger partial charge in [0.1, 0.15) is 30.4 Å². The first-order chi connectivity index (χ1) is 16.7. The van der Waals surface area contributed by atoms with E-state index in [1.54, 1.807) is 7.05 Å². The summed E-state index contributed by atoms with van der Waals surface area (Å²) in [5.74, 6) is -2.03. The minimum Gasteiger partial charge on any atom is -0.477 e. The van der Waals surface area contributed by atoms with E-state index in [0.717, 1.165) is 34.2 Å². The molecule has 0 spiro atoms. The van der Waals surface area contributed by atoms with E-state index in [0.29, 0.717) is 21.4 Å². The first kappa shape index (κ1) is 24.7. The third kappa shape index (κ3) is 4.87. The van der Waals surface area contributed by atoms with E-state index >= 15 is 0 Å². The van der Waals surface area contributed by atoms with Crippen molar-refractivity contribution in [1.29, 1.82) is 0 Å². The molecule has 0 radical (unpaired) electrons. The van der Waals surface area contributed by atoms with Crippen LogP contribution in [0.15, 0.2) is 38.8 Å². The van der Waals surface area contributed by atoms with Crippen molar-refractivity contribution in [2.24, 2.45) is 12.2 Å². The molecule has 17 heteroatoms. The molecule has 1 fully saturated rings. The van der Waals surface area contributed by atoms with Gasteiger partial charge in [-0.2, -0.15) is 10.1 Å². The molecule has 4 heterocycles. The van der Waals surface area contributed by atoms with E-state index in [-0.39, 0.29) is 22.3 Å². The summed E-state index contributed by atoms with van der Waals surface area (Å²) < 4.78 is 1.40. The lowest BCUT2D eigenvalue weighted by atomic mass is 10.0. The molecule has 4 N–H and O–H groups in total. The monoisotopic (exact) mass is 538 g/mol. The lowest BCUT2D eigenvalue weighted by Crippen LogP contribution is -2.71. The molecule has 2 amide bonds. The van der Waals surface area contributed by atoms with E-state index in [9.17, 15) is 24.3 Å². The van der Waals surface area contributed by atoms with Gasteiger partial charge in [0.25, 0.3) is 17.4 Å². The predicted molar refractivity (Wildman–Crippen MR) is 128 cm³/mol. The van der Waals surface area contributed by atoms with Gasteiger partial charge in [-0.1, -0.05) is 28.3 Å². The number of carbonyl (C=O) groups excluding carboxylic acids is 2. The summed E-state index contributed by atoms with van der Waals surface area (Å²) in [7, 11) is 2.88. The number of thiazole rings is 1. The summed E-state index contributed by atoms with van der Waals surface area (Å²) in [6.45, 7) is 0. The van der Waals surface area contributed by atoms with Crippen LogP contribution >= 0.6 is 34.9 Å². The second-order valence-electron chi connectivity index (χ2n) is 7.09. The minimum atomic E-state index is -1.26. The molecule has 2 aromatic heterocycles. The standard InChI is InChI=1S/C18H18N8O6S3/c1-25-18(22-9(27)4-21-25)34-6-7-5-33-15-11(14(29)26(15)12(7)16(30)31)23-13(28)10(24-32-2)8-3-20-17(19)35-8/h3-4,11,15H,5-6H2,1-2H3,(H2,19,20)(H,23,28)(H,30,31)/b24-10+/t11-,15-/m1/s1. The SMILES string of the molecule is CO/N=C(/C(=O)N[C@@H]1C(=O)N2C(C(=O)O)=C(CSc3nc(=O)cnn3C)CS[C@H]12)c1cnc(N)s1. The molecule has 35 heavy (non-hydrogen) atoms. The number of oxime groups is 1. The van der Waals surface area contributed by atoms with Crippen LogP contribution in [0.1, 0.15) is 4.88 Å². The average Bonchev–Trinajstić information content (AvgIpc) is 3.26. The van der Waals surface area contributed by atoms with Crippen molar-refractivity contribution in [2.45, 2.75) is 16.6 Å². The van der Waals surface area contributed by atoms with E-state index in [4.69, 9.17) is 10.6 Å². The van der Waals surface area contributed by atoms with Gasteiger partial charge < -0.3 is 21.0 Å². The van der Waals surface area contributed by atoms with Crippen LogP contribution in [-0.2, 0) is 26.3 Å². The second kappa shape index (κ2) is 10.0. The lowest BCUT2D eigenvalue weighted by Gasteiger charge is -2.49. The number of anilines is 1. The highest BCUT2D eigenvalue weighted by atomic mass is 32.2. The fraction of sp³-hybridized carbons (Fsp3) is 0.333. The van der Waals surface area contributed by atoms with Gasteiger partial charge in [0.15, 0.2) is 16.0 Å². The van der Waals surface area contributed by atoms with Crippen molar-refractivity contribution in [3.8, 4) is 0 Å². The largest absolute Gasteiger partial charge is 0.477 e. The fourth-order valence-corrected chi connectivity index (χ4v) is 6.42. The second-order valence-corrected chi connectivity index (χ2v) is 10.2. The normalized spacial score (nSPS) is 19.8. The Morgan fingerprint density at radius 1 is 1.40 bits per heavy atom. The maximum absolute atomic E-state index is 12.9. The van der Waals surface area contributed by atoms with Gasteiger partial charge in [-0.15, -0.1) is 11.8 Å². The number of nitrogens with one attached hydrogen (secondary N) is 1. The van der Waals surface area contributed by atoms with Crippen molar-refractivity contribution in [2.75, 3.05) is 24.3 Å². The molecule has 0 bridgehead atoms. The molecule has 2 aliphatic rings. The Morgan fingerprint density at radius 2 is 2.17 bits per heavy atom. The van der Waals surface area contributed by atoms with Crippen LogP contribution in [0.4, 0.5) is 5.13 Å². The molecule has 0 saturated carbocycles. The summed E-state index contributed by atoms with van der Waals surface area (Å²) in [6.07, 6.45) is 2.44. The van der Waals surface area contributed by atoms with Crippen molar-refractivity contribution in [3.63, 3.8) is 0 Å². The Bertz CT molecular complexity index is 1320. The number of nitrogens with two attached hydrogens (primary N) is 1. The number of aromatic nitrogens is 4. The number of fused-ring (bicyclic) bond motifs is 1. The Hall–Kier alpha value is -3.44. The van der Waals surface area contributed by atoms with E-state index < -0.39 is 34.8 Å². The maximum atomic E-state index is 12.9. The van der Waals surface area contributed by atoms with Crippen LogP contribution in [0, 0.1) is 0 Å². The summed E-state index contributed by atoms with van der Waals surface area (Å²) in [4.78, 5) is 63.3. The lowest BCUT2D eigenvalue weighted by molar-refractivity contribution is -0.150. The number of β-lactam (4-membered cyclic amide) rings is 1. The Balaban J connectivity index is 1.51. The highest BCUT2D eigenvalue weighted by molar-refractivity contribution is 8.01. The molecule has 4 rings (SSSR count). The number of nitrogen functional groups attached to an aromatic ring is 1. The van der Waals surface area contributed by atoms with Crippen LogP contribution in [0.3, 0.4) is 0 Å². The topological polar surface area (TPSA) is 195 Å². The summed E-state index contributed by atoms with van der Waals surface area (Å²) >= 11 is 3.48. The van der Waals surface area contributed by atoms with Gasteiger partial charge in [-0.25, -0.2) is 14.5 Å². The molecular formula is C18H18N8O6S3. The number of aryl methyl sites for hydroxylation is 1. The van der Waals surface area contributed by atoms with Gasteiger partial charge in [-0.05, 0) is 5.57 Å². The van der Waals surface area contributed by atoms with Crippen LogP contribution < -0.4 is 16.6 Å². The van der Waals surface area contributed by atoms with Crippen LogP contribution in [0.25, 0.3) is 0 Å². The number of carboxylic acid groups (broad SMARTS) is 1.